The lowest BCUT2D eigenvalue weighted by Crippen LogP contribution is -2.32. The van der Waals surface area contributed by atoms with Crippen molar-refractivity contribution in [2.45, 2.75) is 44.9 Å². The molecule has 0 unspecified atom stereocenters. The summed E-state index contributed by atoms with van der Waals surface area (Å²) in [5.74, 6) is -0.913. The molecule has 4 rings (SSSR count). The number of amides is 1. The predicted octanol–water partition coefficient (Wildman–Crippen LogP) is 6.03. The van der Waals surface area contributed by atoms with E-state index in [-0.39, 0.29) is 12.5 Å². The number of carboxylic acid groups (broad SMARTS) is 1. The van der Waals surface area contributed by atoms with Gasteiger partial charge in [-0.05, 0) is 98.0 Å². The number of H-pyrrole nitrogens is 2. The lowest BCUT2D eigenvalue weighted by Gasteiger charge is -2.29. The Morgan fingerprint density at radius 3 is 2.46 bits per heavy atom. The molecule has 1 aromatic heterocycles. The Morgan fingerprint density at radius 1 is 1.03 bits per heavy atom. The SMILES string of the molecule is C=C1CCCc2cccc(N(CCCCCC(=O)Nc3ccc(-n4c(=S)[nH][nH]c4=S)cc3)CC(=O)O)c21. The van der Waals surface area contributed by atoms with Crippen molar-refractivity contribution in [2.24, 2.45) is 0 Å². The van der Waals surface area contributed by atoms with Crippen LogP contribution in [0.15, 0.2) is 49.0 Å². The maximum absolute atomic E-state index is 12.4. The van der Waals surface area contributed by atoms with Crippen molar-refractivity contribution in [3.8, 4) is 5.69 Å². The van der Waals surface area contributed by atoms with E-state index in [0.29, 0.717) is 28.2 Å². The summed E-state index contributed by atoms with van der Waals surface area (Å²) in [4.78, 5) is 25.9. The molecular formula is C27H31N5O3S2. The van der Waals surface area contributed by atoms with Crippen molar-refractivity contribution in [1.82, 2.24) is 14.8 Å². The first-order valence-corrected chi connectivity index (χ1v) is 13.2. The third-order valence-electron chi connectivity index (χ3n) is 6.50. The van der Waals surface area contributed by atoms with E-state index in [1.54, 1.807) is 4.57 Å². The number of nitrogens with zero attached hydrogens (tertiary/aromatic N) is 2. The minimum absolute atomic E-state index is 0.0563. The summed E-state index contributed by atoms with van der Waals surface area (Å²) in [6.07, 6.45) is 5.75. The van der Waals surface area contributed by atoms with E-state index in [1.165, 1.54) is 5.56 Å². The molecule has 0 saturated carbocycles. The molecule has 1 aliphatic rings. The lowest BCUT2D eigenvalue weighted by molar-refractivity contribution is -0.135. The van der Waals surface area contributed by atoms with Crippen molar-refractivity contribution in [3.05, 3.63) is 69.7 Å². The minimum atomic E-state index is -0.856. The monoisotopic (exact) mass is 537 g/mol. The number of aryl methyl sites for hydroxylation is 1. The van der Waals surface area contributed by atoms with E-state index in [1.807, 2.05) is 41.3 Å². The number of rotatable bonds is 11. The predicted molar refractivity (Wildman–Crippen MR) is 151 cm³/mol. The molecular weight excluding hydrogens is 506 g/mol. The summed E-state index contributed by atoms with van der Waals surface area (Å²) in [6, 6.07) is 13.4. The Labute approximate surface area is 226 Å². The Bertz CT molecular complexity index is 1380. The summed E-state index contributed by atoms with van der Waals surface area (Å²) >= 11 is 10.5. The zero-order valence-corrected chi connectivity index (χ0v) is 22.2. The zero-order valence-electron chi connectivity index (χ0n) is 20.6. The third kappa shape index (κ3) is 6.64. The van der Waals surface area contributed by atoms with E-state index in [0.717, 1.165) is 61.0 Å². The largest absolute Gasteiger partial charge is 0.480 e. The van der Waals surface area contributed by atoms with E-state index >= 15 is 0 Å². The molecule has 0 radical (unpaired) electrons. The van der Waals surface area contributed by atoms with Gasteiger partial charge in [0.1, 0.15) is 6.54 Å². The van der Waals surface area contributed by atoms with Gasteiger partial charge >= 0.3 is 5.97 Å². The fourth-order valence-electron chi connectivity index (χ4n) is 4.76. The number of allylic oxidation sites excluding steroid dienone is 1. The highest BCUT2D eigenvalue weighted by molar-refractivity contribution is 7.72. The molecule has 1 heterocycles. The topological polar surface area (TPSA) is 106 Å². The lowest BCUT2D eigenvalue weighted by atomic mass is 9.86. The first-order chi connectivity index (χ1) is 17.8. The van der Waals surface area contributed by atoms with Crippen molar-refractivity contribution < 1.29 is 14.7 Å². The Morgan fingerprint density at radius 2 is 1.76 bits per heavy atom. The number of carboxylic acids is 1. The molecule has 0 bridgehead atoms. The van der Waals surface area contributed by atoms with Gasteiger partial charge in [0, 0.05) is 29.9 Å². The molecule has 194 valence electrons. The molecule has 1 aliphatic carbocycles. The highest BCUT2D eigenvalue weighted by Crippen LogP contribution is 2.37. The number of hydrogen-bond acceptors (Lipinski definition) is 5. The van der Waals surface area contributed by atoms with Crippen LogP contribution in [0.2, 0.25) is 0 Å². The quantitative estimate of drug-likeness (QED) is 0.176. The number of aromatic nitrogens is 3. The summed E-state index contributed by atoms with van der Waals surface area (Å²) in [5, 5.41) is 18.0. The minimum Gasteiger partial charge on any atom is -0.480 e. The van der Waals surface area contributed by atoms with E-state index < -0.39 is 5.97 Å². The van der Waals surface area contributed by atoms with Crippen molar-refractivity contribution in [2.75, 3.05) is 23.3 Å². The van der Waals surface area contributed by atoms with Gasteiger partial charge < -0.3 is 15.3 Å². The van der Waals surface area contributed by atoms with Crippen LogP contribution in [-0.4, -0.2) is 44.8 Å². The van der Waals surface area contributed by atoms with Crippen LogP contribution < -0.4 is 10.2 Å². The highest BCUT2D eigenvalue weighted by Gasteiger charge is 2.21. The number of hydrogen-bond donors (Lipinski definition) is 4. The molecule has 2 aromatic carbocycles. The fourth-order valence-corrected chi connectivity index (χ4v) is 5.31. The molecule has 37 heavy (non-hydrogen) atoms. The number of unbranched alkanes of at least 4 members (excludes halogenated alkanes) is 2. The average molecular weight is 538 g/mol. The molecule has 0 fully saturated rings. The van der Waals surface area contributed by atoms with Gasteiger partial charge in [0.15, 0.2) is 9.54 Å². The van der Waals surface area contributed by atoms with Gasteiger partial charge in [-0.1, -0.05) is 25.1 Å². The number of nitrogens with one attached hydrogen (secondary N) is 3. The molecule has 10 heteroatoms. The second-order valence-electron chi connectivity index (χ2n) is 9.19. The van der Waals surface area contributed by atoms with Crippen LogP contribution in [0.4, 0.5) is 11.4 Å². The first kappa shape index (κ1) is 26.6. The summed E-state index contributed by atoms with van der Waals surface area (Å²) < 4.78 is 2.65. The summed E-state index contributed by atoms with van der Waals surface area (Å²) in [6.45, 7) is 4.79. The van der Waals surface area contributed by atoms with Crippen molar-refractivity contribution in [1.29, 1.82) is 0 Å². The van der Waals surface area contributed by atoms with Crippen LogP contribution in [0.25, 0.3) is 11.3 Å². The van der Waals surface area contributed by atoms with Crippen LogP contribution in [0.5, 0.6) is 0 Å². The Kier molecular flexibility index (Phi) is 8.73. The smallest absolute Gasteiger partial charge is 0.323 e. The van der Waals surface area contributed by atoms with Crippen LogP contribution in [0.3, 0.4) is 0 Å². The van der Waals surface area contributed by atoms with Crippen LogP contribution >= 0.6 is 24.4 Å². The number of aliphatic carboxylic acids is 1. The first-order valence-electron chi connectivity index (χ1n) is 12.4. The number of fused-ring (bicyclic) bond motifs is 1. The van der Waals surface area contributed by atoms with Crippen LogP contribution in [0, 0.1) is 9.54 Å². The van der Waals surface area contributed by atoms with Gasteiger partial charge in [-0.25, -0.2) is 0 Å². The molecule has 4 N–H and O–H groups in total. The molecule has 0 atom stereocenters. The molecule has 3 aromatic rings. The Balaban J connectivity index is 1.27. The third-order valence-corrected chi connectivity index (χ3v) is 7.07. The zero-order chi connectivity index (χ0) is 26.4. The molecule has 8 nitrogen and oxygen atoms in total. The van der Waals surface area contributed by atoms with Crippen molar-refractivity contribution in [3.63, 3.8) is 0 Å². The second-order valence-corrected chi connectivity index (χ2v) is 9.96. The van der Waals surface area contributed by atoms with Crippen LogP contribution in [-0.2, 0) is 16.0 Å². The maximum Gasteiger partial charge on any atom is 0.323 e. The summed E-state index contributed by atoms with van der Waals surface area (Å²) in [5.41, 5.74) is 5.89. The number of carbonyl (C=O) groups is 2. The molecule has 0 aliphatic heterocycles. The van der Waals surface area contributed by atoms with Gasteiger partial charge in [0.25, 0.3) is 0 Å². The fraction of sp³-hybridized carbons (Fsp3) is 0.333. The number of aromatic amines is 2. The number of benzene rings is 2. The van der Waals surface area contributed by atoms with E-state index in [4.69, 9.17) is 24.4 Å². The molecule has 1 amide bonds. The highest BCUT2D eigenvalue weighted by atomic mass is 32.1. The second kappa shape index (κ2) is 12.2. The molecule has 0 spiro atoms. The maximum atomic E-state index is 12.4. The summed E-state index contributed by atoms with van der Waals surface area (Å²) in [7, 11) is 0. The number of anilines is 2. The van der Waals surface area contributed by atoms with Crippen molar-refractivity contribution >= 4 is 53.3 Å². The van der Waals surface area contributed by atoms with Gasteiger partial charge in [0.2, 0.25) is 5.91 Å². The van der Waals surface area contributed by atoms with E-state index in [9.17, 15) is 14.7 Å². The normalized spacial score (nSPS) is 12.7. The molecule has 0 saturated heterocycles. The van der Waals surface area contributed by atoms with Gasteiger partial charge in [0.05, 0.1) is 5.69 Å². The van der Waals surface area contributed by atoms with Gasteiger partial charge in [-0.15, -0.1) is 0 Å². The van der Waals surface area contributed by atoms with Crippen LogP contribution in [0.1, 0.15) is 49.7 Å². The van der Waals surface area contributed by atoms with Gasteiger partial charge in [-0.2, -0.15) is 0 Å². The standard InChI is InChI=1S/C27H31N5O3S2/c1-18-7-5-8-19-9-6-10-22(25(18)19)31(17-24(34)35)16-4-2-3-11-23(33)28-20-12-14-21(15-13-20)32-26(36)29-30-27(32)37/h6,9-10,12-15H,1-5,7-8,11,16-17H2,(H,28,33)(H,29,36)(H,30,37)(H,34,35). The van der Waals surface area contributed by atoms with Gasteiger partial charge in [-0.3, -0.25) is 24.4 Å². The number of carbonyl (C=O) groups excluding carboxylic acids is 1. The van der Waals surface area contributed by atoms with E-state index in [2.05, 4.69) is 28.2 Å². The Hall–Kier alpha value is -3.50. The average Bonchev–Trinajstić information content (AvgIpc) is 3.21.